The van der Waals surface area contributed by atoms with Gasteiger partial charge in [0.2, 0.25) is 0 Å². The third-order valence-corrected chi connectivity index (χ3v) is 5.27. The molecule has 0 aromatic carbocycles. The van der Waals surface area contributed by atoms with Crippen LogP contribution in [0.3, 0.4) is 0 Å². The lowest BCUT2D eigenvalue weighted by Gasteiger charge is -2.30. The summed E-state index contributed by atoms with van der Waals surface area (Å²) >= 11 is 0. The monoisotopic (exact) mass is 247 g/mol. The third-order valence-electron chi connectivity index (χ3n) is 2.11. The van der Waals surface area contributed by atoms with Crippen molar-refractivity contribution in [1.29, 1.82) is 0 Å². The summed E-state index contributed by atoms with van der Waals surface area (Å²) in [7, 11) is -2.55. The van der Waals surface area contributed by atoms with Gasteiger partial charge in [0.1, 0.15) is 0 Å². The number of hydrogen-bond acceptors (Lipinski definition) is 4. The van der Waals surface area contributed by atoms with E-state index in [0.717, 1.165) is 12.5 Å². The molecule has 2 N–H and O–H groups in total. The average Bonchev–Trinajstić information content (AvgIpc) is 2.27. The van der Waals surface area contributed by atoms with E-state index in [1.807, 2.05) is 20.8 Å². The second-order valence-electron chi connectivity index (χ2n) is 3.50. The summed E-state index contributed by atoms with van der Waals surface area (Å²) < 4.78 is 17.4. The van der Waals surface area contributed by atoms with E-state index in [2.05, 4.69) is 6.58 Å². The highest BCUT2D eigenvalue weighted by atomic mass is 28.4. The van der Waals surface area contributed by atoms with Crippen LogP contribution in [0.1, 0.15) is 27.2 Å². The van der Waals surface area contributed by atoms with Crippen molar-refractivity contribution in [2.24, 2.45) is 5.73 Å². The van der Waals surface area contributed by atoms with Gasteiger partial charge in [-0.1, -0.05) is 6.08 Å². The molecule has 0 rings (SSSR count). The van der Waals surface area contributed by atoms with E-state index in [0.29, 0.717) is 19.8 Å². The summed E-state index contributed by atoms with van der Waals surface area (Å²) in [4.78, 5) is 0. The molecule has 0 fully saturated rings. The van der Waals surface area contributed by atoms with Crippen molar-refractivity contribution in [3.05, 3.63) is 12.7 Å². The van der Waals surface area contributed by atoms with Crippen molar-refractivity contribution in [2.45, 2.75) is 39.3 Å². The van der Waals surface area contributed by atoms with Crippen LogP contribution in [0.25, 0.3) is 0 Å². The maximum Gasteiger partial charge on any atom is 0.501 e. The molecule has 16 heavy (non-hydrogen) atoms. The molecule has 0 amide bonds. The van der Waals surface area contributed by atoms with Crippen molar-refractivity contribution < 1.29 is 13.3 Å². The first-order valence-electron chi connectivity index (χ1n) is 5.92. The molecule has 0 saturated heterocycles. The minimum Gasteiger partial charge on any atom is -0.374 e. The van der Waals surface area contributed by atoms with Crippen LogP contribution in [-0.2, 0) is 13.3 Å². The Morgan fingerprint density at radius 2 is 1.88 bits per heavy atom. The Bertz CT molecular complexity index is 184. The molecule has 4 nitrogen and oxygen atoms in total. The largest absolute Gasteiger partial charge is 0.501 e. The zero-order valence-electron chi connectivity index (χ0n) is 10.7. The van der Waals surface area contributed by atoms with Crippen molar-refractivity contribution in [1.82, 2.24) is 0 Å². The maximum absolute atomic E-state index is 5.89. The first-order chi connectivity index (χ1) is 7.64. The van der Waals surface area contributed by atoms with E-state index in [1.54, 1.807) is 6.08 Å². The van der Waals surface area contributed by atoms with Crippen molar-refractivity contribution in [3.63, 3.8) is 0 Å². The molecule has 0 radical (unpaired) electrons. The van der Waals surface area contributed by atoms with Crippen LogP contribution in [0.15, 0.2) is 12.7 Å². The van der Waals surface area contributed by atoms with E-state index in [-0.39, 0.29) is 6.10 Å². The number of rotatable bonds is 10. The summed E-state index contributed by atoms with van der Waals surface area (Å²) in [6.45, 7) is 11.4. The molecule has 0 bridgehead atoms. The molecular formula is C11H25NO3Si. The molecule has 0 aliphatic rings. The third kappa shape index (κ3) is 5.76. The highest BCUT2D eigenvalue weighted by Gasteiger charge is 2.41. The van der Waals surface area contributed by atoms with Gasteiger partial charge in [-0.3, -0.25) is 0 Å². The van der Waals surface area contributed by atoms with Crippen molar-refractivity contribution in [2.75, 3.05) is 19.8 Å². The Balaban J connectivity index is 4.54. The first kappa shape index (κ1) is 15.8. The summed E-state index contributed by atoms with van der Waals surface area (Å²) in [6, 6.07) is 0.767. The predicted octanol–water partition coefficient (Wildman–Crippen LogP) is 1.94. The normalized spacial score (nSPS) is 13.8. The second kappa shape index (κ2) is 8.89. The van der Waals surface area contributed by atoms with E-state index >= 15 is 0 Å². The summed E-state index contributed by atoms with van der Waals surface area (Å²) in [5.74, 6) is 0. The second-order valence-corrected chi connectivity index (χ2v) is 6.18. The molecule has 0 heterocycles. The van der Waals surface area contributed by atoms with E-state index in [9.17, 15) is 0 Å². The minimum absolute atomic E-state index is 0.0532. The molecule has 1 unspecified atom stereocenters. The van der Waals surface area contributed by atoms with Crippen molar-refractivity contribution in [3.8, 4) is 0 Å². The first-order valence-corrected chi connectivity index (χ1v) is 7.85. The Kier molecular flexibility index (Phi) is 8.78. The Morgan fingerprint density at radius 1 is 1.31 bits per heavy atom. The maximum atomic E-state index is 5.89. The number of nitrogens with two attached hydrogens (primary N) is 1. The van der Waals surface area contributed by atoms with Crippen LogP contribution in [-0.4, -0.2) is 34.7 Å². The van der Waals surface area contributed by atoms with Crippen LogP contribution in [0.5, 0.6) is 0 Å². The van der Waals surface area contributed by atoms with Crippen molar-refractivity contribution >= 4 is 8.80 Å². The summed E-state index contributed by atoms with van der Waals surface area (Å²) in [5, 5.41) is 0. The fourth-order valence-corrected chi connectivity index (χ4v) is 4.21. The van der Waals surface area contributed by atoms with Gasteiger partial charge in [-0.15, -0.1) is 6.58 Å². The molecular weight excluding hydrogens is 222 g/mol. The molecule has 0 aliphatic carbocycles. The van der Waals surface area contributed by atoms with Gasteiger partial charge in [-0.2, -0.15) is 0 Å². The lowest BCUT2D eigenvalue weighted by molar-refractivity contribution is 0.0521. The van der Waals surface area contributed by atoms with Crippen LogP contribution in [0, 0.1) is 0 Å². The smallest absolute Gasteiger partial charge is 0.374 e. The van der Waals surface area contributed by atoms with Gasteiger partial charge in [0.25, 0.3) is 0 Å². The highest BCUT2D eigenvalue weighted by molar-refractivity contribution is 6.60. The zero-order valence-corrected chi connectivity index (χ0v) is 11.7. The standard InChI is InChI=1S/C11H25NO3Si/c1-5-11(4)15-16(13-6-2,14-7-3)10-8-9-12/h5,11H,1,6-10,12H2,2-4H3. The summed E-state index contributed by atoms with van der Waals surface area (Å²) in [6.07, 6.45) is 2.56. The van der Waals surface area contributed by atoms with Gasteiger partial charge >= 0.3 is 8.80 Å². The molecule has 1 atom stereocenters. The van der Waals surface area contributed by atoms with E-state index < -0.39 is 8.80 Å². The number of hydrogen-bond donors (Lipinski definition) is 1. The van der Waals surface area contributed by atoms with Gasteiger partial charge in [0.05, 0.1) is 6.10 Å². The molecule has 96 valence electrons. The molecule has 5 heteroatoms. The lowest BCUT2D eigenvalue weighted by Crippen LogP contribution is -2.48. The van der Waals surface area contributed by atoms with Crippen LogP contribution in [0.4, 0.5) is 0 Å². The molecule has 0 aliphatic heterocycles. The predicted molar refractivity (Wildman–Crippen MR) is 68.2 cm³/mol. The molecule has 0 spiro atoms. The Morgan fingerprint density at radius 3 is 2.25 bits per heavy atom. The quantitative estimate of drug-likeness (QED) is 0.473. The topological polar surface area (TPSA) is 53.7 Å². The van der Waals surface area contributed by atoms with Crippen LogP contribution in [0.2, 0.25) is 6.04 Å². The average molecular weight is 247 g/mol. The van der Waals surface area contributed by atoms with Crippen LogP contribution < -0.4 is 5.73 Å². The fraction of sp³-hybridized carbons (Fsp3) is 0.818. The SMILES string of the molecule is C=CC(C)O[Si](CCCN)(OCC)OCC. The summed E-state index contributed by atoms with van der Waals surface area (Å²) in [5.41, 5.74) is 5.53. The van der Waals surface area contributed by atoms with Gasteiger partial charge in [0, 0.05) is 19.3 Å². The minimum atomic E-state index is -2.55. The van der Waals surface area contributed by atoms with Crippen LogP contribution >= 0.6 is 0 Å². The molecule has 0 aromatic heterocycles. The molecule has 0 saturated carbocycles. The van der Waals surface area contributed by atoms with Gasteiger partial charge < -0.3 is 19.0 Å². The Hall–Kier alpha value is -0.203. The zero-order chi connectivity index (χ0) is 12.4. The van der Waals surface area contributed by atoms with E-state index in [4.69, 9.17) is 19.0 Å². The Labute approximate surface area is 100 Å². The lowest BCUT2D eigenvalue weighted by atomic mass is 10.4. The van der Waals surface area contributed by atoms with E-state index in [1.165, 1.54) is 0 Å². The van der Waals surface area contributed by atoms with Gasteiger partial charge in [-0.05, 0) is 33.7 Å². The fourth-order valence-electron chi connectivity index (χ4n) is 1.40. The van der Waals surface area contributed by atoms with Gasteiger partial charge in [-0.25, -0.2) is 0 Å². The highest BCUT2D eigenvalue weighted by Crippen LogP contribution is 2.20. The van der Waals surface area contributed by atoms with Gasteiger partial charge in [0.15, 0.2) is 0 Å². The molecule has 0 aromatic rings.